The van der Waals surface area contributed by atoms with Gasteiger partial charge >= 0.3 is 5.97 Å². The Hall–Kier alpha value is -1.54. The minimum atomic E-state index is -1.33. The molecule has 3 aliphatic heterocycles. The first-order valence-corrected chi connectivity index (χ1v) is 13.2. The number of carbonyl (C=O) groups is 2. The highest BCUT2D eigenvalue weighted by molar-refractivity contribution is 5.98. The van der Waals surface area contributed by atoms with Crippen LogP contribution < -0.4 is 0 Å². The van der Waals surface area contributed by atoms with Gasteiger partial charge < -0.3 is 24.4 Å². The zero-order valence-corrected chi connectivity index (χ0v) is 21.2. The first-order valence-electron chi connectivity index (χ1n) is 13.2. The Morgan fingerprint density at radius 3 is 2.54 bits per heavy atom. The summed E-state index contributed by atoms with van der Waals surface area (Å²) >= 11 is 0. The van der Waals surface area contributed by atoms with Crippen molar-refractivity contribution in [1.82, 2.24) is 0 Å². The van der Waals surface area contributed by atoms with Crippen LogP contribution in [-0.4, -0.2) is 63.2 Å². The maximum atomic E-state index is 13.3. The van der Waals surface area contributed by atoms with E-state index >= 15 is 0 Å². The van der Waals surface area contributed by atoms with Gasteiger partial charge in [0, 0.05) is 17.4 Å². The summed E-state index contributed by atoms with van der Waals surface area (Å²) in [5.41, 5.74) is -2.36. The third-order valence-corrected chi connectivity index (χ3v) is 12.1. The van der Waals surface area contributed by atoms with E-state index in [4.69, 9.17) is 14.2 Å². The lowest BCUT2D eigenvalue weighted by atomic mass is 9.44. The van der Waals surface area contributed by atoms with Crippen LogP contribution in [0, 0.1) is 28.6 Å². The van der Waals surface area contributed by atoms with Crippen molar-refractivity contribution < 1.29 is 34.0 Å². The number of cyclic esters (lactones) is 1. The molecule has 0 aromatic carbocycles. The fourth-order valence-electron chi connectivity index (χ4n) is 9.98. The second-order valence-corrected chi connectivity index (χ2v) is 13.1. The number of esters is 1. The number of ketones is 1. The predicted molar refractivity (Wildman–Crippen MR) is 124 cm³/mol. The van der Waals surface area contributed by atoms with Gasteiger partial charge in [0.1, 0.15) is 29.0 Å². The van der Waals surface area contributed by atoms with E-state index in [2.05, 4.69) is 6.92 Å². The topological polar surface area (TPSA) is 109 Å². The van der Waals surface area contributed by atoms with Crippen molar-refractivity contribution >= 4 is 11.8 Å². The van der Waals surface area contributed by atoms with Gasteiger partial charge in [0.15, 0.2) is 5.78 Å². The number of aliphatic hydroxyl groups excluding tert-OH is 1. The molecule has 3 saturated carbocycles. The summed E-state index contributed by atoms with van der Waals surface area (Å²) in [7, 11) is 0. The van der Waals surface area contributed by atoms with E-state index in [-0.39, 0.29) is 47.1 Å². The summed E-state index contributed by atoms with van der Waals surface area (Å²) in [5, 5.41) is 22.9. The average Bonchev–Trinajstić information content (AvgIpc) is 3.69. The molecule has 3 heterocycles. The van der Waals surface area contributed by atoms with Crippen molar-refractivity contribution in [2.75, 3.05) is 0 Å². The Balaban J connectivity index is 1.24. The van der Waals surface area contributed by atoms with Gasteiger partial charge in [0.25, 0.3) is 0 Å². The second kappa shape index (κ2) is 6.29. The first kappa shape index (κ1) is 22.6. The molecule has 7 heteroatoms. The minimum Gasteiger partial charge on any atom is -0.455 e. The average molecular weight is 485 g/mol. The molecule has 7 aliphatic rings. The molecule has 7 rings (SSSR count). The lowest BCUT2D eigenvalue weighted by Crippen LogP contribution is -2.66. The lowest BCUT2D eigenvalue weighted by Gasteiger charge is -2.59. The number of allylic oxidation sites excluding steroid dienone is 1. The lowest BCUT2D eigenvalue weighted by molar-refractivity contribution is -0.199. The molecule has 190 valence electrons. The summed E-state index contributed by atoms with van der Waals surface area (Å²) < 4.78 is 18.4. The van der Waals surface area contributed by atoms with Crippen LogP contribution in [0.1, 0.15) is 66.7 Å². The third-order valence-electron chi connectivity index (χ3n) is 12.1. The largest absolute Gasteiger partial charge is 0.455 e. The Labute approximate surface area is 205 Å². The van der Waals surface area contributed by atoms with Crippen LogP contribution in [0.4, 0.5) is 0 Å². The number of rotatable bonds is 2. The molecule has 4 aliphatic carbocycles. The summed E-state index contributed by atoms with van der Waals surface area (Å²) in [5.74, 6) is 0.339. The molecule has 7 nitrogen and oxygen atoms in total. The van der Waals surface area contributed by atoms with Crippen LogP contribution in [0.3, 0.4) is 0 Å². The van der Waals surface area contributed by atoms with Gasteiger partial charge in [-0.2, -0.15) is 0 Å². The van der Waals surface area contributed by atoms with E-state index in [1.807, 2.05) is 13.8 Å². The zero-order valence-electron chi connectivity index (χ0n) is 21.2. The van der Waals surface area contributed by atoms with Gasteiger partial charge in [-0.1, -0.05) is 12.5 Å². The number of epoxide rings is 2. The van der Waals surface area contributed by atoms with Gasteiger partial charge in [-0.15, -0.1) is 0 Å². The molecule has 0 unspecified atom stereocenters. The summed E-state index contributed by atoms with van der Waals surface area (Å²) in [6.45, 7) is 9.75. The van der Waals surface area contributed by atoms with Crippen LogP contribution in [0.25, 0.3) is 0 Å². The van der Waals surface area contributed by atoms with Crippen molar-refractivity contribution in [2.45, 2.75) is 108 Å². The molecule has 0 aromatic rings. The Morgan fingerprint density at radius 2 is 1.83 bits per heavy atom. The molecule has 2 saturated heterocycles. The third kappa shape index (κ3) is 2.22. The van der Waals surface area contributed by atoms with Gasteiger partial charge in [-0.05, 0) is 83.3 Å². The normalized spacial score (nSPS) is 57.3. The van der Waals surface area contributed by atoms with E-state index in [9.17, 15) is 19.8 Å². The zero-order chi connectivity index (χ0) is 24.9. The van der Waals surface area contributed by atoms with Crippen LogP contribution in [0.15, 0.2) is 23.3 Å². The quantitative estimate of drug-likeness (QED) is 0.458. The number of hydrogen-bond acceptors (Lipinski definition) is 7. The maximum absolute atomic E-state index is 13.3. The molecular weight excluding hydrogens is 448 g/mol. The van der Waals surface area contributed by atoms with E-state index in [1.165, 1.54) is 0 Å². The monoisotopic (exact) mass is 484 g/mol. The van der Waals surface area contributed by atoms with E-state index in [1.54, 1.807) is 26.0 Å². The summed E-state index contributed by atoms with van der Waals surface area (Å²) in [4.78, 5) is 25.9. The first-order chi connectivity index (χ1) is 16.4. The number of fused-ring (bicyclic) bond motifs is 6. The highest BCUT2D eigenvalue weighted by Crippen LogP contribution is 2.78. The molecule has 0 radical (unpaired) electrons. The van der Waals surface area contributed by atoms with Gasteiger partial charge in [0.05, 0.1) is 17.6 Å². The number of hydrogen-bond donors (Lipinski definition) is 2. The SMILES string of the molecule is CC1=C(C)C(=O)O[C@@H]([C@](C)(O)[C@@]23O[C@@H]2C[C@H]2[C@@H]4C[C@H]5O[C@]56[C@@H](O)C=CC(=O)[C@]6(C)[C@H]4CC[C@@]23C)C1. The molecule has 12 atom stereocenters. The molecule has 2 N–H and O–H groups in total. The van der Waals surface area contributed by atoms with Crippen LogP contribution in [-0.2, 0) is 23.8 Å². The maximum Gasteiger partial charge on any atom is 0.334 e. The Kier molecular flexibility index (Phi) is 4.07. The predicted octanol–water partition coefficient (Wildman–Crippen LogP) is 2.63. The van der Waals surface area contributed by atoms with Crippen molar-refractivity contribution in [3.8, 4) is 0 Å². The fourth-order valence-corrected chi connectivity index (χ4v) is 9.98. The molecule has 1 spiro atoms. The van der Waals surface area contributed by atoms with Crippen LogP contribution >= 0.6 is 0 Å². The Morgan fingerprint density at radius 1 is 1.09 bits per heavy atom. The highest BCUT2D eigenvalue weighted by Gasteiger charge is 2.87. The minimum absolute atomic E-state index is 0.0662. The summed E-state index contributed by atoms with van der Waals surface area (Å²) in [6.07, 6.45) is 5.32. The van der Waals surface area contributed by atoms with Crippen molar-refractivity contribution in [2.24, 2.45) is 28.6 Å². The number of aliphatic hydroxyl groups is 2. The number of carbonyl (C=O) groups excluding carboxylic acids is 2. The molecular formula is C28H36O7. The molecule has 0 amide bonds. The fraction of sp³-hybridized carbons (Fsp3) is 0.786. The van der Waals surface area contributed by atoms with E-state index in [0.717, 1.165) is 31.3 Å². The van der Waals surface area contributed by atoms with Crippen molar-refractivity contribution in [1.29, 1.82) is 0 Å². The van der Waals surface area contributed by atoms with E-state index in [0.29, 0.717) is 12.0 Å². The molecule has 0 bridgehead atoms. The smallest absolute Gasteiger partial charge is 0.334 e. The number of ether oxygens (including phenoxy) is 3. The van der Waals surface area contributed by atoms with Gasteiger partial charge in [-0.25, -0.2) is 4.79 Å². The van der Waals surface area contributed by atoms with Gasteiger partial charge in [0.2, 0.25) is 0 Å². The van der Waals surface area contributed by atoms with Crippen LogP contribution in [0.5, 0.6) is 0 Å². The van der Waals surface area contributed by atoms with Crippen molar-refractivity contribution in [3.05, 3.63) is 23.3 Å². The summed E-state index contributed by atoms with van der Waals surface area (Å²) in [6, 6.07) is 0. The van der Waals surface area contributed by atoms with Gasteiger partial charge in [-0.3, -0.25) is 4.79 Å². The van der Waals surface area contributed by atoms with Crippen molar-refractivity contribution in [3.63, 3.8) is 0 Å². The van der Waals surface area contributed by atoms with Crippen LogP contribution in [0.2, 0.25) is 0 Å². The molecule has 35 heavy (non-hydrogen) atoms. The van der Waals surface area contributed by atoms with E-state index < -0.39 is 34.4 Å². The molecule has 0 aromatic heterocycles. The second-order valence-electron chi connectivity index (χ2n) is 13.1. The Bertz CT molecular complexity index is 1120. The molecule has 5 fully saturated rings. The standard InChI is InChI=1S/C28H36O7/c1-13-10-20(33-23(31)14(13)2)26(5,32)28-22(35-28)12-17-15-11-21-27(34-21)19(30)7-6-18(29)25(27,4)16(15)8-9-24(17,28)3/h6-7,15-17,19-22,30,32H,8-12H2,1-5H3/t15-,16+,17+,19+,20-,21-,22-,24+,25+,26+,27-,28-/m1/s1. The highest BCUT2D eigenvalue weighted by atomic mass is 16.6.